The molecule has 3 aliphatic heterocycles. The van der Waals surface area contributed by atoms with E-state index < -0.39 is 6.10 Å². The first kappa shape index (κ1) is 21.3. The number of hydrogen-bond donors (Lipinski definition) is 1. The summed E-state index contributed by atoms with van der Waals surface area (Å²) >= 11 is 0. The molecular formula is C25H32N4O3. The second kappa shape index (κ2) is 8.45. The van der Waals surface area contributed by atoms with Gasteiger partial charge in [-0.3, -0.25) is 0 Å². The summed E-state index contributed by atoms with van der Waals surface area (Å²) in [5.74, 6) is 0.730. The highest BCUT2D eigenvalue weighted by Gasteiger charge is 2.38. The van der Waals surface area contributed by atoms with E-state index in [4.69, 9.17) is 4.74 Å². The molecule has 2 fully saturated rings. The molecule has 2 saturated heterocycles. The van der Waals surface area contributed by atoms with Gasteiger partial charge in [0.05, 0.1) is 17.4 Å². The van der Waals surface area contributed by atoms with Crippen molar-refractivity contribution in [1.29, 1.82) is 0 Å². The second-order valence-electron chi connectivity index (χ2n) is 9.72. The van der Waals surface area contributed by atoms with Crippen molar-refractivity contribution in [3.8, 4) is 0 Å². The molecule has 3 aliphatic rings. The van der Waals surface area contributed by atoms with Gasteiger partial charge in [0.2, 0.25) is 0 Å². The number of β-amino-alcohol motifs (C(OH)–C–C–N with tert-alkyl or cyclic N) is 1. The number of esters is 1. The maximum atomic E-state index is 11.8. The first-order valence-corrected chi connectivity index (χ1v) is 11.7. The summed E-state index contributed by atoms with van der Waals surface area (Å²) in [5, 5.41) is 19.5. The van der Waals surface area contributed by atoms with E-state index >= 15 is 0 Å². The van der Waals surface area contributed by atoms with Crippen molar-refractivity contribution in [2.24, 2.45) is 5.41 Å². The number of likely N-dealkylation sites (tertiary alicyclic amines) is 1. The number of aromatic nitrogens is 2. The van der Waals surface area contributed by atoms with Gasteiger partial charge in [-0.1, -0.05) is 6.07 Å². The molecule has 0 radical (unpaired) electrons. The van der Waals surface area contributed by atoms with E-state index in [1.165, 1.54) is 25.7 Å². The quantitative estimate of drug-likeness (QED) is 0.738. The third-order valence-electron chi connectivity index (χ3n) is 7.85. The Bertz CT molecular complexity index is 989. The highest BCUT2D eigenvalue weighted by atomic mass is 16.5. The number of cyclic esters (lactones) is 1. The molecule has 7 heteroatoms. The predicted octanol–water partition coefficient (Wildman–Crippen LogP) is 3.18. The molecule has 170 valence electrons. The molecule has 4 heterocycles. The topological polar surface area (TPSA) is 78.8 Å². The molecule has 32 heavy (non-hydrogen) atoms. The fraction of sp³-hybridized carbons (Fsp3) is 0.560. The summed E-state index contributed by atoms with van der Waals surface area (Å²) in [4.78, 5) is 16.5. The molecular weight excluding hydrogens is 404 g/mol. The number of rotatable bonds is 4. The van der Waals surface area contributed by atoms with Crippen LogP contribution in [0.2, 0.25) is 0 Å². The number of aryl methyl sites for hydroxylation is 1. The van der Waals surface area contributed by atoms with Gasteiger partial charge < -0.3 is 19.6 Å². The number of piperidine rings is 2. The van der Waals surface area contributed by atoms with Gasteiger partial charge in [-0.2, -0.15) is 5.10 Å². The first-order chi connectivity index (χ1) is 15.4. The molecule has 0 bridgehead atoms. The van der Waals surface area contributed by atoms with Gasteiger partial charge in [-0.15, -0.1) is 5.10 Å². The largest absolute Gasteiger partial charge is 0.457 e. The summed E-state index contributed by atoms with van der Waals surface area (Å²) in [6, 6.07) is 7.80. The molecule has 7 nitrogen and oxygen atoms in total. The lowest BCUT2D eigenvalue weighted by Crippen LogP contribution is -2.47. The minimum atomic E-state index is -0.549. The summed E-state index contributed by atoms with van der Waals surface area (Å²) in [6.45, 7) is 9.02. The summed E-state index contributed by atoms with van der Waals surface area (Å²) in [6.07, 6.45) is 4.19. The number of carbonyl (C=O) groups excluding carboxylic acids is 1. The minimum Gasteiger partial charge on any atom is -0.457 e. The number of anilines is 1. The van der Waals surface area contributed by atoms with Gasteiger partial charge in [-0.05, 0) is 87.4 Å². The normalized spacial score (nSPS) is 21.5. The highest BCUT2D eigenvalue weighted by molar-refractivity contribution is 5.93. The van der Waals surface area contributed by atoms with Crippen LogP contribution in [0, 0.1) is 19.3 Å². The van der Waals surface area contributed by atoms with Crippen molar-refractivity contribution < 1.29 is 14.6 Å². The zero-order valence-corrected chi connectivity index (χ0v) is 19.0. The molecule has 1 aromatic heterocycles. The van der Waals surface area contributed by atoms with Crippen molar-refractivity contribution in [2.75, 3.05) is 37.6 Å². The Balaban J connectivity index is 1.15. The lowest BCUT2D eigenvalue weighted by molar-refractivity contribution is 0.0447. The average molecular weight is 437 g/mol. The lowest BCUT2D eigenvalue weighted by atomic mass is 9.71. The van der Waals surface area contributed by atoms with E-state index in [-0.39, 0.29) is 5.97 Å². The van der Waals surface area contributed by atoms with Crippen molar-refractivity contribution in [3.63, 3.8) is 0 Å². The lowest BCUT2D eigenvalue weighted by Gasteiger charge is -2.47. The van der Waals surface area contributed by atoms with E-state index in [2.05, 4.69) is 26.1 Å². The molecule has 1 atom stereocenters. The number of aliphatic hydroxyl groups excluding tert-OH is 1. The van der Waals surface area contributed by atoms with Gasteiger partial charge in [-0.25, -0.2) is 4.79 Å². The van der Waals surface area contributed by atoms with Crippen LogP contribution in [0.25, 0.3) is 0 Å². The summed E-state index contributed by atoms with van der Waals surface area (Å²) in [7, 11) is 0. The van der Waals surface area contributed by atoms with E-state index in [1.807, 2.05) is 26.0 Å². The molecule has 2 aromatic rings. The van der Waals surface area contributed by atoms with Crippen LogP contribution >= 0.6 is 0 Å². The van der Waals surface area contributed by atoms with Crippen LogP contribution in [0.5, 0.6) is 0 Å². The number of carbonyl (C=O) groups is 1. The van der Waals surface area contributed by atoms with Crippen LogP contribution in [-0.4, -0.2) is 58.9 Å². The zero-order valence-electron chi connectivity index (χ0n) is 19.0. The summed E-state index contributed by atoms with van der Waals surface area (Å²) in [5.41, 5.74) is 4.83. The number of nitrogens with zero attached hydrogens (tertiary/aromatic N) is 4. The van der Waals surface area contributed by atoms with Crippen LogP contribution in [0.3, 0.4) is 0 Å². The Kier molecular flexibility index (Phi) is 5.63. The molecule has 0 aliphatic carbocycles. The number of fused-ring (bicyclic) bond motifs is 1. The SMILES string of the molecule is Cc1ccc(N2CCC3(CCN(CC(O)c4ccc5c(c4C)COC5=O)CC3)CC2)nn1. The van der Waals surface area contributed by atoms with Crippen LogP contribution in [0.4, 0.5) is 5.82 Å². The van der Waals surface area contributed by atoms with Gasteiger partial charge >= 0.3 is 5.97 Å². The molecule has 0 amide bonds. The van der Waals surface area contributed by atoms with Gasteiger partial charge in [0.25, 0.3) is 0 Å². The van der Waals surface area contributed by atoms with Crippen LogP contribution in [-0.2, 0) is 11.3 Å². The van der Waals surface area contributed by atoms with E-state index in [0.717, 1.165) is 54.4 Å². The van der Waals surface area contributed by atoms with Crippen LogP contribution < -0.4 is 4.90 Å². The first-order valence-electron chi connectivity index (χ1n) is 11.7. The number of ether oxygens (including phenoxy) is 1. The Morgan fingerprint density at radius 3 is 2.44 bits per heavy atom. The highest BCUT2D eigenvalue weighted by Crippen LogP contribution is 2.42. The number of benzene rings is 1. The van der Waals surface area contributed by atoms with Crippen LogP contribution in [0.1, 0.15) is 64.5 Å². The maximum absolute atomic E-state index is 11.8. The molecule has 1 unspecified atom stereocenters. The van der Waals surface area contributed by atoms with E-state index in [0.29, 0.717) is 24.1 Å². The number of aliphatic hydroxyl groups is 1. The van der Waals surface area contributed by atoms with Crippen molar-refractivity contribution in [3.05, 3.63) is 52.2 Å². The molecule has 1 aromatic carbocycles. The van der Waals surface area contributed by atoms with Gasteiger partial charge in [0.15, 0.2) is 5.82 Å². The monoisotopic (exact) mass is 436 g/mol. The third kappa shape index (κ3) is 3.99. The summed E-state index contributed by atoms with van der Waals surface area (Å²) < 4.78 is 5.15. The Morgan fingerprint density at radius 1 is 1.03 bits per heavy atom. The smallest absolute Gasteiger partial charge is 0.338 e. The van der Waals surface area contributed by atoms with E-state index in [1.54, 1.807) is 6.07 Å². The van der Waals surface area contributed by atoms with Gasteiger partial charge in [0, 0.05) is 25.2 Å². The predicted molar refractivity (Wildman–Crippen MR) is 122 cm³/mol. The Hall–Kier alpha value is -2.51. The van der Waals surface area contributed by atoms with Crippen molar-refractivity contribution >= 4 is 11.8 Å². The van der Waals surface area contributed by atoms with Crippen LogP contribution in [0.15, 0.2) is 24.3 Å². The minimum absolute atomic E-state index is 0.258. The Labute approximate surface area is 189 Å². The zero-order chi connectivity index (χ0) is 22.3. The fourth-order valence-corrected chi connectivity index (χ4v) is 5.55. The second-order valence-corrected chi connectivity index (χ2v) is 9.72. The fourth-order valence-electron chi connectivity index (χ4n) is 5.55. The standard InChI is InChI=1S/C25H32N4O3/c1-17-3-6-23(27-26-17)29-13-9-25(10-14-29)7-11-28(12-8-25)15-22(30)19-4-5-20-21(18(19)2)16-32-24(20)31/h3-6,22,30H,7-16H2,1-2H3. The maximum Gasteiger partial charge on any atom is 0.338 e. The van der Waals surface area contributed by atoms with Gasteiger partial charge in [0.1, 0.15) is 6.61 Å². The molecule has 5 rings (SSSR count). The average Bonchev–Trinajstić information content (AvgIpc) is 3.18. The van der Waals surface area contributed by atoms with E-state index in [9.17, 15) is 9.90 Å². The number of hydrogen-bond acceptors (Lipinski definition) is 7. The Morgan fingerprint density at radius 2 is 1.75 bits per heavy atom. The molecule has 1 N–H and O–H groups in total. The van der Waals surface area contributed by atoms with Crippen molar-refractivity contribution in [1.82, 2.24) is 15.1 Å². The van der Waals surface area contributed by atoms with Crippen molar-refractivity contribution in [2.45, 2.75) is 52.2 Å². The third-order valence-corrected chi connectivity index (χ3v) is 7.85. The molecule has 1 spiro atoms. The molecule has 0 saturated carbocycles.